The predicted molar refractivity (Wildman–Crippen MR) is 132 cm³/mol. The van der Waals surface area contributed by atoms with E-state index in [1.807, 2.05) is 62.4 Å². The van der Waals surface area contributed by atoms with Gasteiger partial charge in [-0.05, 0) is 80.7 Å². The fourth-order valence-corrected chi connectivity index (χ4v) is 3.38. The van der Waals surface area contributed by atoms with Crippen LogP contribution in [0.2, 0.25) is 0 Å². The molecule has 0 saturated heterocycles. The molecule has 8 heteroatoms. The molecule has 7 nitrogen and oxygen atoms in total. The van der Waals surface area contributed by atoms with Gasteiger partial charge < -0.3 is 19.2 Å². The number of aromatic nitrogens is 1. The van der Waals surface area contributed by atoms with Crippen molar-refractivity contribution in [2.75, 3.05) is 12.4 Å². The third-order valence-electron chi connectivity index (χ3n) is 4.68. The molecule has 3 aromatic carbocycles. The quantitative estimate of drug-likeness (QED) is 0.371. The molecule has 0 aliphatic heterocycles. The van der Waals surface area contributed by atoms with E-state index in [4.69, 9.17) is 26.1 Å². The van der Waals surface area contributed by atoms with Crippen LogP contribution in [0.3, 0.4) is 0 Å². The lowest BCUT2D eigenvalue weighted by Crippen LogP contribution is -2.34. The first kappa shape index (κ1) is 22.3. The Bertz CT molecular complexity index is 1300. The zero-order valence-electron chi connectivity index (χ0n) is 18.4. The number of oxazole rings is 1. The van der Waals surface area contributed by atoms with Gasteiger partial charge in [0, 0.05) is 22.9 Å². The first-order chi connectivity index (χ1) is 15.9. The molecule has 0 radical (unpaired) electrons. The van der Waals surface area contributed by atoms with E-state index >= 15 is 0 Å². The lowest BCUT2D eigenvalue weighted by atomic mass is 10.2. The SMILES string of the molecule is COc1ccc2oc(-c3ccc(NC(=S)NC(=O)c4cccc(OC(C)C)c4)cc3)nc2c1. The van der Waals surface area contributed by atoms with Crippen molar-refractivity contribution >= 4 is 40.0 Å². The summed E-state index contributed by atoms with van der Waals surface area (Å²) in [6, 6.07) is 19.8. The van der Waals surface area contributed by atoms with Crippen molar-refractivity contribution in [3.8, 4) is 23.0 Å². The topological polar surface area (TPSA) is 85.6 Å². The lowest BCUT2D eigenvalue weighted by Gasteiger charge is -2.12. The average molecular weight is 462 g/mol. The summed E-state index contributed by atoms with van der Waals surface area (Å²) in [5.41, 5.74) is 3.39. The van der Waals surface area contributed by atoms with E-state index in [0.717, 1.165) is 22.5 Å². The Morgan fingerprint density at radius 1 is 1.03 bits per heavy atom. The van der Waals surface area contributed by atoms with Crippen molar-refractivity contribution in [2.45, 2.75) is 20.0 Å². The molecule has 0 spiro atoms. The first-order valence-electron chi connectivity index (χ1n) is 10.4. The minimum Gasteiger partial charge on any atom is -0.497 e. The van der Waals surface area contributed by atoms with Crippen molar-refractivity contribution in [1.29, 1.82) is 0 Å². The van der Waals surface area contributed by atoms with Crippen molar-refractivity contribution in [1.82, 2.24) is 10.3 Å². The molecule has 0 aliphatic rings. The number of carbonyl (C=O) groups is 1. The van der Waals surface area contributed by atoms with Gasteiger partial charge in [0.2, 0.25) is 5.89 Å². The van der Waals surface area contributed by atoms with Crippen LogP contribution in [0.5, 0.6) is 11.5 Å². The van der Waals surface area contributed by atoms with Crippen LogP contribution in [0.1, 0.15) is 24.2 Å². The number of benzene rings is 3. The second-order valence-electron chi connectivity index (χ2n) is 7.53. The smallest absolute Gasteiger partial charge is 0.257 e. The Morgan fingerprint density at radius 3 is 2.55 bits per heavy atom. The number of nitrogens with zero attached hydrogens (tertiary/aromatic N) is 1. The minimum absolute atomic E-state index is 0.0200. The molecular formula is C25H23N3O4S. The van der Waals surface area contributed by atoms with Crippen LogP contribution in [0.15, 0.2) is 71.1 Å². The maximum absolute atomic E-state index is 12.5. The Kier molecular flexibility index (Phi) is 6.55. The molecule has 4 aromatic rings. The number of ether oxygens (including phenoxy) is 2. The van der Waals surface area contributed by atoms with E-state index in [0.29, 0.717) is 22.8 Å². The molecule has 1 amide bonds. The number of fused-ring (bicyclic) bond motifs is 1. The second kappa shape index (κ2) is 9.70. The van der Waals surface area contributed by atoms with Crippen LogP contribution in [-0.4, -0.2) is 29.2 Å². The molecule has 0 fully saturated rings. The monoisotopic (exact) mass is 461 g/mol. The third kappa shape index (κ3) is 5.48. The number of anilines is 1. The summed E-state index contributed by atoms with van der Waals surface area (Å²) in [6.07, 6.45) is 0.0200. The van der Waals surface area contributed by atoms with Gasteiger partial charge >= 0.3 is 0 Å². The van der Waals surface area contributed by atoms with Gasteiger partial charge in [-0.15, -0.1) is 0 Å². The molecule has 0 aliphatic carbocycles. The molecule has 0 atom stereocenters. The number of amides is 1. The van der Waals surface area contributed by atoms with Gasteiger partial charge in [-0.3, -0.25) is 10.1 Å². The van der Waals surface area contributed by atoms with E-state index in [9.17, 15) is 4.79 Å². The Labute approximate surface area is 196 Å². The summed E-state index contributed by atoms with van der Waals surface area (Å²) in [7, 11) is 1.61. The molecule has 4 rings (SSSR count). The van der Waals surface area contributed by atoms with Crippen LogP contribution in [0.25, 0.3) is 22.6 Å². The number of thiocarbonyl (C=S) groups is 1. The average Bonchev–Trinajstić information content (AvgIpc) is 3.22. The van der Waals surface area contributed by atoms with Gasteiger partial charge in [-0.2, -0.15) is 0 Å². The highest BCUT2D eigenvalue weighted by atomic mass is 32.1. The largest absolute Gasteiger partial charge is 0.497 e. The van der Waals surface area contributed by atoms with Gasteiger partial charge in [0.1, 0.15) is 17.0 Å². The maximum Gasteiger partial charge on any atom is 0.257 e. The zero-order valence-corrected chi connectivity index (χ0v) is 19.2. The molecule has 2 N–H and O–H groups in total. The van der Waals surface area contributed by atoms with E-state index in [1.54, 1.807) is 25.3 Å². The first-order valence-corrected chi connectivity index (χ1v) is 10.8. The molecule has 0 saturated carbocycles. The van der Waals surface area contributed by atoms with Crippen LogP contribution < -0.4 is 20.1 Å². The molecule has 33 heavy (non-hydrogen) atoms. The standard InChI is InChI=1S/C25H23N3O4S/c1-15(2)31-20-6-4-5-17(13-20)23(29)28-25(33)26-18-9-7-16(8-10-18)24-27-21-14-19(30-3)11-12-22(21)32-24/h4-15H,1-3H3,(H2,26,28,29,33). The van der Waals surface area contributed by atoms with Crippen molar-refractivity contribution < 1.29 is 18.7 Å². The van der Waals surface area contributed by atoms with Crippen LogP contribution >= 0.6 is 12.2 Å². The summed E-state index contributed by atoms with van der Waals surface area (Å²) in [5, 5.41) is 5.89. The van der Waals surface area contributed by atoms with Crippen LogP contribution in [0.4, 0.5) is 5.69 Å². The highest BCUT2D eigenvalue weighted by Crippen LogP contribution is 2.27. The summed E-state index contributed by atoms with van der Waals surface area (Å²) in [5.74, 6) is 1.53. The second-order valence-corrected chi connectivity index (χ2v) is 7.94. The Balaban J connectivity index is 1.40. The van der Waals surface area contributed by atoms with Gasteiger partial charge in [0.05, 0.1) is 13.2 Å². The molecular weight excluding hydrogens is 438 g/mol. The van der Waals surface area contributed by atoms with E-state index in [-0.39, 0.29) is 17.1 Å². The third-order valence-corrected chi connectivity index (χ3v) is 4.88. The fraction of sp³-hybridized carbons (Fsp3) is 0.160. The van der Waals surface area contributed by atoms with E-state index in [2.05, 4.69) is 15.6 Å². The minimum atomic E-state index is -0.319. The highest BCUT2D eigenvalue weighted by Gasteiger charge is 2.12. The van der Waals surface area contributed by atoms with E-state index in [1.165, 1.54) is 0 Å². The molecule has 0 bridgehead atoms. The Morgan fingerprint density at radius 2 is 1.82 bits per heavy atom. The molecule has 1 heterocycles. The van der Waals surface area contributed by atoms with Crippen molar-refractivity contribution in [3.05, 3.63) is 72.3 Å². The number of hydrogen-bond acceptors (Lipinski definition) is 6. The summed E-state index contributed by atoms with van der Waals surface area (Å²) in [6.45, 7) is 3.86. The Hall–Kier alpha value is -3.91. The van der Waals surface area contributed by atoms with E-state index < -0.39 is 0 Å². The van der Waals surface area contributed by atoms with Crippen LogP contribution in [-0.2, 0) is 0 Å². The molecule has 1 aromatic heterocycles. The van der Waals surface area contributed by atoms with Crippen LogP contribution in [0, 0.1) is 0 Å². The lowest BCUT2D eigenvalue weighted by molar-refractivity contribution is 0.0977. The predicted octanol–water partition coefficient (Wildman–Crippen LogP) is 5.42. The molecule has 0 unspecified atom stereocenters. The number of nitrogens with one attached hydrogen (secondary N) is 2. The number of methoxy groups -OCH3 is 1. The number of carbonyl (C=O) groups excluding carboxylic acids is 1. The number of rotatable bonds is 6. The normalized spacial score (nSPS) is 10.8. The fourth-order valence-electron chi connectivity index (χ4n) is 3.17. The number of hydrogen-bond donors (Lipinski definition) is 2. The summed E-state index contributed by atoms with van der Waals surface area (Å²) in [4.78, 5) is 17.0. The zero-order chi connectivity index (χ0) is 23.4. The van der Waals surface area contributed by atoms with Gasteiger partial charge in [-0.25, -0.2) is 4.98 Å². The summed E-state index contributed by atoms with van der Waals surface area (Å²) >= 11 is 5.29. The van der Waals surface area contributed by atoms with Gasteiger partial charge in [0.25, 0.3) is 5.91 Å². The maximum atomic E-state index is 12.5. The van der Waals surface area contributed by atoms with Gasteiger partial charge in [0.15, 0.2) is 10.7 Å². The molecule has 168 valence electrons. The highest BCUT2D eigenvalue weighted by molar-refractivity contribution is 7.80. The van der Waals surface area contributed by atoms with Crippen molar-refractivity contribution in [2.24, 2.45) is 0 Å². The van der Waals surface area contributed by atoms with Crippen molar-refractivity contribution in [3.63, 3.8) is 0 Å². The summed E-state index contributed by atoms with van der Waals surface area (Å²) < 4.78 is 16.7. The van der Waals surface area contributed by atoms with Gasteiger partial charge in [-0.1, -0.05) is 6.07 Å².